The van der Waals surface area contributed by atoms with Crippen LogP contribution < -0.4 is 5.32 Å². The molecule has 20 heavy (non-hydrogen) atoms. The zero-order valence-electron chi connectivity index (χ0n) is 12.6. The van der Waals surface area contributed by atoms with Crippen molar-refractivity contribution in [1.82, 2.24) is 5.32 Å². The van der Waals surface area contributed by atoms with Crippen LogP contribution in [0.5, 0.6) is 0 Å². The Morgan fingerprint density at radius 3 is 2.65 bits per heavy atom. The Bertz CT molecular complexity index is 468. The Kier molecular flexibility index (Phi) is 3.14. The lowest BCUT2D eigenvalue weighted by molar-refractivity contribution is 0.123. The van der Waals surface area contributed by atoms with Crippen LogP contribution in [0.2, 0.25) is 0 Å². The zero-order valence-corrected chi connectivity index (χ0v) is 12.6. The van der Waals surface area contributed by atoms with Crippen molar-refractivity contribution in [3.63, 3.8) is 0 Å². The maximum Gasteiger partial charge on any atom is 0.00133 e. The van der Waals surface area contributed by atoms with E-state index in [0.717, 1.165) is 30.2 Å². The van der Waals surface area contributed by atoms with E-state index in [1.54, 1.807) is 5.56 Å². The first-order chi connectivity index (χ1) is 9.83. The fourth-order valence-electron chi connectivity index (χ4n) is 5.55. The SMILES string of the molecule is CCNCC1(C2CC2c2ccccc2)CC2CCC1C2. The number of nitrogens with one attached hydrogen (secondary N) is 1. The smallest absolute Gasteiger partial charge is 0.00133 e. The van der Waals surface area contributed by atoms with Crippen LogP contribution in [0.3, 0.4) is 0 Å². The Morgan fingerprint density at radius 2 is 2.00 bits per heavy atom. The quantitative estimate of drug-likeness (QED) is 0.844. The van der Waals surface area contributed by atoms with Crippen LogP contribution in [0.15, 0.2) is 30.3 Å². The van der Waals surface area contributed by atoms with Gasteiger partial charge in [-0.15, -0.1) is 0 Å². The van der Waals surface area contributed by atoms with Crippen molar-refractivity contribution in [2.75, 3.05) is 13.1 Å². The Balaban J connectivity index is 1.55. The third kappa shape index (κ3) is 1.94. The van der Waals surface area contributed by atoms with Gasteiger partial charge in [-0.3, -0.25) is 0 Å². The third-order valence-corrected chi connectivity index (χ3v) is 6.48. The summed E-state index contributed by atoms with van der Waals surface area (Å²) in [6.45, 7) is 4.66. The molecular weight excluding hydrogens is 242 g/mol. The Morgan fingerprint density at radius 1 is 1.15 bits per heavy atom. The molecule has 1 aromatic rings. The summed E-state index contributed by atoms with van der Waals surface area (Å²) in [6.07, 6.45) is 7.51. The molecule has 0 amide bonds. The molecule has 5 unspecified atom stereocenters. The summed E-state index contributed by atoms with van der Waals surface area (Å²) in [7, 11) is 0. The second-order valence-electron chi connectivity index (χ2n) is 7.45. The number of hydrogen-bond donors (Lipinski definition) is 1. The molecule has 0 spiro atoms. The molecule has 3 aliphatic carbocycles. The monoisotopic (exact) mass is 269 g/mol. The predicted octanol–water partition coefficient (Wildman–Crippen LogP) is 4.21. The van der Waals surface area contributed by atoms with Crippen molar-refractivity contribution in [2.45, 2.75) is 44.9 Å². The van der Waals surface area contributed by atoms with E-state index in [1.165, 1.54) is 38.6 Å². The normalized spacial score (nSPS) is 42.0. The summed E-state index contributed by atoms with van der Waals surface area (Å²) in [5.74, 6) is 3.88. The first-order valence-electron chi connectivity index (χ1n) is 8.59. The van der Waals surface area contributed by atoms with Gasteiger partial charge in [-0.1, -0.05) is 43.7 Å². The molecule has 4 rings (SSSR count). The third-order valence-electron chi connectivity index (χ3n) is 6.48. The van der Waals surface area contributed by atoms with Crippen molar-refractivity contribution in [3.8, 4) is 0 Å². The Labute approximate surface area is 123 Å². The summed E-state index contributed by atoms with van der Waals surface area (Å²) in [5.41, 5.74) is 2.23. The largest absolute Gasteiger partial charge is 0.316 e. The molecule has 108 valence electrons. The van der Waals surface area contributed by atoms with Crippen LogP contribution in [-0.2, 0) is 0 Å². The molecule has 5 atom stereocenters. The number of rotatable bonds is 5. The van der Waals surface area contributed by atoms with Crippen LogP contribution in [0.25, 0.3) is 0 Å². The molecule has 1 aromatic carbocycles. The average molecular weight is 269 g/mol. The molecular formula is C19H27N. The highest BCUT2D eigenvalue weighted by Gasteiger charge is 2.61. The lowest BCUT2D eigenvalue weighted by atomic mass is 9.68. The van der Waals surface area contributed by atoms with Gasteiger partial charge in [-0.25, -0.2) is 0 Å². The molecule has 0 heterocycles. The molecule has 1 heteroatoms. The zero-order chi connectivity index (χ0) is 13.6. The highest BCUT2D eigenvalue weighted by Crippen LogP contribution is 2.68. The summed E-state index contributed by atoms with van der Waals surface area (Å²) in [6, 6.07) is 11.3. The van der Waals surface area contributed by atoms with Crippen LogP contribution in [0.1, 0.15) is 50.5 Å². The van der Waals surface area contributed by atoms with Crippen LogP contribution in [0, 0.1) is 23.2 Å². The lowest BCUT2D eigenvalue weighted by Crippen LogP contribution is -2.41. The van der Waals surface area contributed by atoms with Gasteiger partial charge in [0.2, 0.25) is 0 Å². The maximum atomic E-state index is 3.71. The van der Waals surface area contributed by atoms with Gasteiger partial charge in [-0.05, 0) is 66.9 Å². The van der Waals surface area contributed by atoms with Crippen LogP contribution in [-0.4, -0.2) is 13.1 Å². The van der Waals surface area contributed by atoms with E-state index in [0.29, 0.717) is 5.41 Å². The van der Waals surface area contributed by atoms with Crippen molar-refractivity contribution in [3.05, 3.63) is 35.9 Å². The minimum Gasteiger partial charge on any atom is -0.316 e. The van der Waals surface area contributed by atoms with E-state index in [1.807, 2.05) is 0 Å². The topological polar surface area (TPSA) is 12.0 Å². The molecule has 3 fully saturated rings. The van der Waals surface area contributed by atoms with Crippen molar-refractivity contribution >= 4 is 0 Å². The number of fused-ring (bicyclic) bond motifs is 2. The van der Waals surface area contributed by atoms with Crippen LogP contribution in [0.4, 0.5) is 0 Å². The second-order valence-corrected chi connectivity index (χ2v) is 7.45. The van der Waals surface area contributed by atoms with Crippen molar-refractivity contribution < 1.29 is 0 Å². The van der Waals surface area contributed by atoms with E-state index >= 15 is 0 Å². The van der Waals surface area contributed by atoms with Gasteiger partial charge in [0.1, 0.15) is 0 Å². The second kappa shape index (κ2) is 4.87. The van der Waals surface area contributed by atoms with Gasteiger partial charge in [-0.2, -0.15) is 0 Å². The lowest BCUT2D eigenvalue weighted by Gasteiger charge is -2.39. The van der Waals surface area contributed by atoms with E-state index in [2.05, 4.69) is 42.6 Å². The fourth-order valence-corrected chi connectivity index (χ4v) is 5.55. The van der Waals surface area contributed by atoms with Gasteiger partial charge >= 0.3 is 0 Å². The fraction of sp³-hybridized carbons (Fsp3) is 0.684. The molecule has 0 aromatic heterocycles. The molecule has 3 saturated carbocycles. The van der Waals surface area contributed by atoms with Gasteiger partial charge in [0, 0.05) is 6.54 Å². The van der Waals surface area contributed by atoms with Gasteiger partial charge in [0.25, 0.3) is 0 Å². The summed E-state index contributed by atoms with van der Waals surface area (Å²) in [4.78, 5) is 0. The van der Waals surface area contributed by atoms with Crippen LogP contribution >= 0.6 is 0 Å². The molecule has 3 aliphatic rings. The summed E-state index contributed by atoms with van der Waals surface area (Å²) in [5, 5.41) is 3.71. The van der Waals surface area contributed by atoms with Gasteiger partial charge in [0.05, 0.1) is 0 Å². The average Bonchev–Trinajstić information content (AvgIpc) is 3.07. The van der Waals surface area contributed by atoms with Crippen molar-refractivity contribution in [1.29, 1.82) is 0 Å². The van der Waals surface area contributed by atoms with Crippen molar-refractivity contribution in [2.24, 2.45) is 23.2 Å². The van der Waals surface area contributed by atoms with E-state index < -0.39 is 0 Å². The first kappa shape index (κ1) is 12.9. The first-order valence-corrected chi connectivity index (χ1v) is 8.59. The van der Waals surface area contributed by atoms with Gasteiger partial charge < -0.3 is 5.32 Å². The molecule has 0 aliphatic heterocycles. The van der Waals surface area contributed by atoms with E-state index in [9.17, 15) is 0 Å². The summed E-state index contributed by atoms with van der Waals surface area (Å²) < 4.78 is 0. The van der Waals surface area contributed by atoms with E-state index in [4.69, 9.17) is 0 Å². The Hall–Kier alpha value is -0.820. The molecule has 0 saturated heterocycles. The minimum atomic E-state index is 0.638. The molecule has 1 nitrogen and oxygen atoms in total. The molecule has 1 N–H and O–H groups in total. The maximum absolute atomic E-state index is 3.71. The summed E-state index contributed by atoms with van der Waals surface area (Å²) >= 11 is 0. The highest BCUT2D eigenvalue weighted by atomic mass is 14.9. The molecule has 2 bridgehead atoms. The van der Waals surface area contributed by atoms with E-state index in [-0.39, 0.29) is 0 Å². The number of benzene rings is 1. The van der Waals surface area contributed by atoms with Gasteiger partial charge in [0.15, 0.2) is 0 Å². The molecule has 0 radical (unpaired) electrons. The number of hydrogen-bond acceptors (Lipinski definition) is 1. The predicted molar refractivity (Wildman–Crippen MR) is 83.7 cm³/mol. The minimum absolute atomic E-state index is 0.638. The standard InChI is InChI=1S/C19H27N/c1-2-20-13-19(12-14-8-9-16(19)10-14)18-11-17(18)15-6-4-3-5-7-15/h3-7,14,16-18,20H,2,8-13H2,1H3. The highest BCUT2D eigenvalue weighted by molar-refractivity contribution is 5.28.